The summed E-state index contributed by atoms with van der Waals surface area (Å²) in [5, 5.41) is 10.8. The van der Waals surface area contributed by atoms with E-state index in [-0.39, 0.29) is 22.8 Å². The van der Waals surface area contributed by atoms with E-state index in [1.54, 1.807) is 19.2 Å². The molecule has 1 aliphatic carbocycles. The van der Waals surface area contributed by atoms with Gasteiger partial charge in [-0.2, -0.15) is 0 Å². The summed E-state index contributed by atoms with van der Waals surface area (Å²) >= 11 is 1.34. The summed E-state index contributed by atoms with van der Waals surface area (Å²) in [6.07, 6.45) is 1.54. The maximum absolute atomic E-state index is 12.5. The first-order valence-electron chi connectivity index (χ1n) is 6.57. The zero-order valence-corrected chi connectivity index (χ0v) is 12.3. The van der Waals surface area contributed by atoms with Crippen LogP contribution in [-0.4, -0.2) is 28.0 Å². The lowest BCUT2D eigenvalue weighted by molar-refractivity contribution is 0.105. The van der Waals surface area contributed by atoms with Crippen molar-refractivity contribution >= 4 is 38.7 Å². The maximum atomic E-state index is 12.5. The largest absolute Gasteiger partial charge is 0.506 e. The fourth-order valence-electron chi connectivity index (χ4n) is 2.48. The number of benzene rings is 1. The molecule has 2 heterocycles. The van der Waals surface area contributed by atoms with Gasteiger partial charge in [0, 0.05) is 11.8 Å². The van der Waals surface area contributed by atoms with E-state index >= 15 is 0 Å². The number of methoxy groups -OCH3 is 1. The second kappa shape index (κ2) is 4.64. The van der Waals surface area contributed by atoms with Crippen LogP contribution in [0.5, 0.6) is 5.75 Å². The normalized spacial score (nSPS) is 13.8. The Morgan fingerprint density at radius 1 is 1.27 bits per heavy atom. The Morgan fingerprint density at radius 2 is 2.14 bits per heavy atom. The molecule has 0 radical (unpaired) electrons. The summed E-state index contributed by atoms with van der Waals surface area (Å²) in [7, 11) is 1.60. The molecule has 0 fully saturated rings. The number of pyridine rings is 1. The molecule has 4 rings (SSSR count). The summed E-state index contributed by atoms with van der Waals surface area (Å²) in [5.41, 5.74) is 1.71. The number of allylic oxidation sites excluding steroid dienone is 1. The first-order valence-corrected chi connectivity index (χ1v) is 7.39. The third kappa shape index (κ3) is 1.74. The van der Waals surface area contributed by atoms with E-state index in [1.165, 1.54) is 17.5 Å². The summed E-state index contributed by atoms with van der Waals surface area (Å²) in [5.74, 6) is 0.377. The Labute approximate surface area is 129 Å². The third-order valence-corrected chi connectivity index (χ3v) is 4.59. The lowest BCUT2D eigenvalue weighted by Crippen LogP contribution is -2.00. The van der Waals surface area contributed by atoms with E-state index in [9.17, 15) is 9.90 Å². The molecule has 6 heteroatoms. The number of carbonyl (C=O) groups is 1. The standard InChI is InChI=1S/C16H10N2O3S/c1-21-8-4-5-10-11(7-8)22-16(18-10)12-14(19)9-3-2-6-17-13(9)15(12)20/h2-7,19H,1H3. The highest BCUT2D eigenvalue weighted by atomic mass is 32.1. The van der Waals surface area contributed by atoms with Crippen molar-refractivity contribution in [3.63, 3.8) is 0 Å². The fraction of sp³-hybridized carbons (Fsp3) is 0.0625. The van der Waals surface area contributed by atoms with Gasteiger partial charge in [0.2, 0.25) is 5.78 Å². The minimum absolute atomic E-state index is 0.0564. The highest BCUT2D eigenvalue weighted by Crippen LogP contribution is 2.39. The Kier molecular flexibility index (Phi) is 2.74. The van der Waals surface area contributed by atoms with Gasteiger partial charge < -0.3 is 9.84 Å². The van der Waals surface area contributed by atoms with Gasteiger partial charge in [-0.25, -0.2) is 4.98 Å². The number of hydrogen-bond acceptors (Lipinski definition) is 6. The lowest BCUT2D eigenvalue weighted by atomic mass is 10.2. The Hall–Kier alpha value is -2.73. The van der Waals surface area contributed by atoms with Gasteiger partial charge in [-0.15, -0.1) is 11.3 Å². The van der Waals surface area contributed by atoms with Crippen LogP contribution in [0.3, 0.4) is 0 Å². The minimum Gasteiger partial charge on any atom is -0.506 e. The molecular formula is C16H10N2O3S. The molecule has 1 aromatic carbocycles. The quantitative estimate of drug-likeness (QED) is 0.786. The van der Waals surface area contributed by atoms with Crippen molar-refractivity contribution in [1.82, 2.24) is 9.97 Å². The van der Waals surface area contributed by atoms with Gasteiger partial charge in [-0.3, -0.25) is 9.78 Å². The Bertz CT molecular complexity index is 959. The van der Waals surface area contributed by atoms with Gasteiger partial charge in [0.1, 0.15) is 27.8 Å². The predicted molar refractivity (Wildman–Crippen MR) is 84.2 cm³/mol. The zero-order valence-electron chi connectivity index (χ0n) is 11.5. The van der Waals surface area contributed by atoms with Gasteiger partial charge in [0.25, 0.3) is 0 Å². The van der Waals surface area contributed by atoms with Crippen molar-refractivity contribution in [3.8, 4) is 5.75 Å². The number of rotatable bonds is 2. The summed E-state index contributed by atoms with van der Waals surface area (Å²) < 4.78 is 6.09. The first kappa shape index (κ1) is 13.0. The van der Waals surface area contributed by atoms with E-state index in [4.69, 9.17) is 4.74 Å². The molecule has 0 aliphatic heterocycles. The van der Waals surface area contributed by atoms with Crippen LogP contribution < -0.4 is 4.74 Å². The number of aliphatic hydroxyl groups excluding tert-OH is 1. The molecule has 5 nitrogen and oxygen atoms in total. The fourth-order valence-corrected chi connectivity index (χ4v) is 3.51. The van der Waals surface area contributed by atoms with Crippen molar-refractivity contribution in [1.29, 1.82) is 0 Å². The molecular weight excluding hydrogens is 300 g/mol. The Morgan fingerprint density at radius 3 is 2.91 bits per heavy atom. The smallest absolute Gasteiger partial charge is 0.218 e. The molecule has 0 atom stereocenters. The number of nitrogens with zero attached hydrogens (tertiary/aromatic N) is 2. The van der Waals surface area contributed by atoms with E-state index in [2.05, 4.69) is 9.97 Å². The van der Waals surface area contributed by atoms with Crippen molar-refractivity contribution in [2.45, 2.75) is 0 Å². The van der Waals surface area contributed by atoms with Crippen LogP contribution in [0.2, 0.25) is 0 Å². The zero-order chi connectivity index (χ0) is 15.3. The van der Waals surface area contributed by atoms with Crippen molar-refractivity contribution in [2.24, 2.45) is 0 Å². The summed E-state index contributed by atoms with van der Waals surface area (Å²) in [6, 6.07) is 8.87. The number of hydrogen-bond donors (Lipinski definition) is 1. The molecule has 3 aromatic rings. The second-order valence-corrected chi connectivity index (χ2v) is 5.84. The number of carbonyl (C=O) groups excluding carboxylic acids is 1. The van der Waals surface area contributed by atoms with Crippen LogP contribution in [-0.2, 0) is 0 Å². The van der Waals surface area contributed by atoms with Gasteiger partial charge in [-0.1, -0.05) is 0 Å². The van der Waals surface area contributed by atoms with Crippen LogP contribution in [0.25, 0.3) is 21.5 Å². The van der Waals surface area contributed by atoms with Gasteiger partial charge in [-0.05, 0) is 30.3 Å². The van der Waals surface area contributed by atoms with Crippen LogP contribution in [0.1, 0.15) is 21.1 Å². The number of thiazole rings is 1. The average molecular weight is 310 g/mol. The molecule has 0 bridgehead atoms. The van der Waals surface area contributed by atoms with E-state index in [0.29, 0.717) is 10.6 Å². The SMILES string of the molecule is COc1ccc2nc(C3=C(O)c4cccnc4C3=O)sc2c1. The predicted octanol–water partition coefficient (Wildman–Crippen LogP) is 3.32. The average Bonchev–Trinajstić information content (AvgIpc) is 3.06. The molecule has 0 spiro atoms. The van der Waals surface area contributed by atoms with E-state index < -0.39 is 0 Å². The second-order valence-electron chi connectivity index (χ2n) is 4.80. The number of ketones is 1. The highest BCUT2D eigenvalue weighted by molar-refractivity contribution is 7.20. The molecule has 2 aromatic heterocycles. The molecule has 0 unspecified atom stereocenters. The topological polar surface area (TPSA) is 72.3 Å². The van der Waals surface area contributed by atoms with Crippen LogP contribution in [0.15, 0.2) is 36.5 Å². The Balaban J connectivity index is 1.89. The third-order valence-electron chi connectivity index (χ3n) is 3.55. The number of ether oxygens (including phenoxy) is 1. The molecule has 0 saturated carbocycles. The van der Waals surface area contributed by atoms with E-state index in [0.717, 1.165) is 16.0 Å². The van der Waals surface area contributed by atoms with Gasteiger partial charge in [0.05, 0.1) is 17.3 Å². The van der Waals surface area contributed by atoms with Crippen LogP contribution in [0.4, 0.5) is 0 Å². The number of fused-ring (bicyclic) bond motifs is 2. The number of aliphatic hydroxyl groups is 1. The van der Waals surface area contributed by atoms with Crippen LogP contribution >= 0.6 is 11.3 Å². The highest BCUT2D eigenvalue weighted by Gasteiger charge is 2.33. The molecule has 1 aliphatic rings. The monoisotopic (exact) mass is 310 g/mol. The van der Waals surface area contributed by atoms with Crippen molar-refractivity contribution in [2.75, 3.05) is 7.11 Å². The molecule has 22 heavy (non-hydrogen) atoms. The van der Waals surface area contributed by atoms with Crippen LogP contribution in [0, 0.1) is 0 Å². The number of aromatic nitrogens is 2. The summed E-state index contributed by atoms with van der Waals surface area (Å²) in [4.78, 5) is 21.0. The minimum atomic E-state index is -0.292. The van der Waals surface area contributed by atoms with Crippen molar-refractivity contribution in [3.05, 3.63) is 52.8 Å². The van der Waals surface area contributed by atoms with Crippen molar-refractivity contribution < 1.29 is 14.6 Å². The summed E-state index contributed by atoms with van der Waals surface area (Å²) in [6.45, 7) is 0. The molecule has 0 amide bonds. The maximum Gasteiger partial charge on any atom is 0.218 e. The lowest BCUT2D eigenvalue weighted by Gasteiger charge is -1.96. The van der Waals surface area contributed by atoms with Gasteiger partial charge >= 0.3 is 0 Å². The number of Topliss-reactive ketones (excluding diaryl/α,β-unsaturated/α-hetero) is 1. The molecule has 108 valence electrons. The molecule has 1 N–H and O–H groups in total. The van der Waals surface area contributed by atoms with E-state index in [1.807, 2.05) is 18.2 Å². The van der Waals surface area contributed by atoms with Gasteiger partial charge in [0.15, 0.2) is 0 Å². The first-order chi connectivity index (χ1) is 10.7. The molecule has 0 saturated heterocycles.